The Bertz CT molecular complexity index is 1070. The molecule has 1 aliphatic carbocycles. The lowest BCUT2D eigenvalue weighted by atomic mass is 9.83. The normalized spacial score (nSPS) is 34.6. The van der Waals surface area contributed by atoms with Gasteiger partial charge in [0.05, 0.1) is 6.61 Å². The van der Waals surface area contributed by atoms with Gasteiger partial charge in [-0.05, 0) is 28.3 Å². The van der Waals surface area contributed by atoms with E-state index in [4.69, 9.17) is 32.8 Å². The maximum Gasteiger partial charge on any atom is 0.261 e. The molecule has 0 amide bonds. The molecule has 0 aromatic heterocycles. The van der Waals surface area contributed by atoms with E-state index in [0.717, 1.165) is 12.8 Å². The van der Waals surface area contributed by atoms with Crippen molar-refractivity contribution in [1.29, 1.82) is 0 Å². The molecular formula is C31H44O8Si. The standard InChI is InChI=1S/C31H44O8Si/c1-29(2,3)40(22-15-9-7-10-16-22,23-17-11-8-12-18-23)36-21-24-26-27(25(32)28(33-4)37-24)39-31(35-6)20-14-13-19-30(31,34-5)38-26/h7-12,15-18,24-28,32H,13-14,19-21H2,1-6H3/t24-,25+,26-,27-,28+,30+,31+/m1/s1. The molecule has 2 heterocycles. The van der Waals surface area contributed by atoms with Crippen molar-refractivity contribution in [3.8, 4) is 0 Å². The molecule has 0 radical (unpaired) electrons. The Labute approximate surface area is 238 Å². The molecule has 1 saturated carbocycles. The predicted octanol–water partition coefficient (Wildman–Crippen LogP) is 3.34. The zero-order valence-electron chi connectivity index (χ0n) is 24.5. The van der Waals surface area contributed by atoms with Gasteiger partial charge in [-0.15, -0.1) is 0 Å². The molecule has 2 aromatic rings. The molecule has 1 N–H and O–H groups in total. The highest BCUT2D eigenvalue weighted by Crippen LogP contribution is 2.51. The highest BCUT2D eigenvalue weighted by atomic mass is 28.4. The Hall–Kier alpha value is -1.66. The van der Waals surface area contributed by atoms with Gasteiger partial charge in [0.15, 0.2) is 6.29 Å². The molecule has 0 unspecified atom stereocenters. The summed E-state index contributed by atoms with van der Waals surface area (Å²) in [7, 11) is 1.88. The number of ether oxygens (including phenoxy) is 6. The molecule has 3 aliphatic rings. The van der Waals surface area contributed by atoms with E-state index in [1.807, 2.05) is 12.1 Å². The van der Waals surface area contributed by atoms with Crippen molar-refractivity contribution in [2.24, 2.45) is 0 Å². The van der Waals surface area contributed by atoms with Crippen molar-refractivity contribution in [3.63, 3.8) is 0 Å². The molecule has 2 aromatic carbocycles. The molecule has 3 fully saturated rings. The highest BCUT2D eigenvalue weighted by Gasteiger charge is 2.67. The van der Waals surface area contributed by atoms with Crippen molar-refractivity contribution in [2.75, 3.05) is 27.9 Å². The SMILES string of the molecule is CO[C@H]1O[C@H](CO[Si](c2ccccc2)(c2ccccc2)C(C)(C)C)[C@H]2O[C@@]3(OC)CCCC[C@]3(OC)O[C@@H]2[C@@H]1O. The summed E-state index contributed by atoms with van der Waals surface area (Å²) in [6.45, 7) is 6.92. The van der Waals surface area contributed by atoms with E-state index in [-0.39, 0.29) is 11.6 Å². The van der Waals surface area contributed by atoms with Crippen molar-refractivity contribution in [3.05, 3.63) is 60.7 Å². The predicted molar refractivity (Wildman–Crippen MR) is 153 cm³/mol. The van der Waals surface area contributed by atoms with Crippen molar-refractivity contribution < 1.29 is 38.0 Å². The van der Waals surface area contributed by atoms with Gasteiger partial charge < -0.3 is 38.0 Å². The van der Waals surface area contributed by atoms with Crippen molar-refractivity contribution in [2.45, 2.75) is 93.8 Å². The number of fused-ring (bicyclic) bond motifs is 2. The van der Waals surface area contributed by atoms with Crippen LogP contribution in [0.2, 0.25) is 5.04 Å². The molecule has 0 bridgehead atoms. The van der Waals surface area contributed by atoms with Gasteiger partial charge in [-0.2, -0.15) is 0 Å². The Morgan fingerprint density at radius 3 is 1.77 bits per heavy atom. The van der Waals surface area contributed by atoms with Gasteiger partial charge in [0, 0.05) is 34.2 Å². The van der Waals surface area contributed by atoms with Crippen LogP contribution in [0.25, 0.3) is 0 Å². The Morgan fingerprint density at radius 2 is 1.32 bits per heavy atom. The Morgan fingerprint density at radius 1 is 0.825 bits per heavy atom. The average molecular weight is 573 g/mol. The second-order valence-corrected chi connectivity index (χ2v) is 16.3. The van der Waals surface area contributed by atoms with E-state index in [9.17, 15) is 5.11 Å². The quantitative estimate of drug-likeness (QED) is 0.483. The summed E-state index contributed by atoms with van der Waals surface area (Å²) < 4.78 is 44.6. The Kier molecular flexibility index (Phi) is 8.61. The molecule has 8 nitrogen and oxygen atoms in total. The van der Waals surface area contributed by atoms with E-state index >= 15 is 0 Å². The van der Waals surface area contributed by atoms with Gasteiger partial charge in [0.25, 0.3) is 8.32 Å². The molecule has 40 heavy (non-hydrogen) atoms. The fourth-order valence-electron chi connectivity index (χ4n) is 6.91. The zero-order valence-corrected chi connectivity index (χ0v) is 25.5. The third kappa shape index (κ3) is 4.79. The fourth-order valence-corrected chi connectivity index (χ4v) is 11.5. The average Bonchev–Trinajstić information content (AvgIpc) is 2.98. The minimum atomic E-state index is -2.86. The summed E-state index contributed by atoms with van der Waals surface area (Å²) in [5.41, 5.74) is 0. The third-order valence-electron chi connectivity index (χ3n) is 8.88. The number of aliphatic hydroxyl groups excluding tert-OH is 1. The largest absolute Gasteiger partial charge is 0.405 e. The lowest BCUT2D eigenvalue weighted by molar-refractivity contribution is -0.496. The number of benzene rings is 2. The summed E-state index contributed by atoms with van der Waals surface area (Å²) >= 11 is 0. The molecule has 2 saturated heterocycles. The van der Waals surface area contributed by atoms with Crippen LogP contribution in [0.5, 0.6) is 0 Å². The van der Waals surface area contributed by atoms with E-state index in [0.29, 0.717) is 12.8 Å². The van der Waals surface area contributed by atoms with E-state index < -0.39 is 50.6 Å². The maximum atomic E-state index is 11.3. The summed E-state index contributed by atoms with van der Waals surface area (Å²) in [6.07, 6.45) is -1.000. The van der Waals surface area contributed by atoms with Gasteiger partial charge in [0.1, 0.15) is 24.4 Å². The highest BCUT2D eigenvalue weighted by molar-refractivity contribution is 6.99. The van der Waals surface area contributed by atoms with Crippen LogP contribution in [0.15, 0.2) is 60.7 Å². The van der Waals surface area contributed by atoms with Crippen LogP contribution in [0.1, 0.15) is 46.5 Å². The molecule has 9 heteroatoms. The minimum absolute atomic E-state index is 0.212. The van der Waals surface area contributed by atoms with Crippen LogP contribution in [0.4, 0.5) is 0 Å². The van der Waals surface area contributed by atoms with Gasteiger partial charge in [-0.3, -0.25) is 0 Å². The lowest BCUT2D eigenvalue weighted by Gasteiger charge is -2.60. The summed E-state index contributed by atoms with van der Waals surface area (Å²) in [5, 5.41) is 13.4. The van der Waals surface area contributed by atoms with Crippen LogP contribution in [0, 0.1) is 0 Å². The van der Waals surface area contributed by atoms with Crippen LogP contribution in [-0.2, 0) is 32.8 Å². The van der Waals surface area contributed by atoms with Gasteiger partial charge in [0.2, 0.25) is 11.6 Å². The molecule has 2 aliphatic heterocycles. The maximum absolute atomic E-state index is 11.3. The summed E-state index contributed by atoms with van der Waals surface area (Å²) in [5.74, 6) is -2.26. The number of aliphatic hydroxyl groups is 1. The summed E-state index contributed by atoms with van der Waals surface area (Å²) in [4.78, 5) is 0. The van der Waals surface area contributed by atoms with Crippen LogP contribution < -0.4 is 10.4 Å². The first-order valence-electron chi connectivity index (χ1n) is 14.2. The molecular weight excluding hydrogens is 528 g/mol. The van der Waals surface area contributed by atoms with Crippen molar-refractivity contribution in [1.82, 2.24) is 0 Å². The molecule has 220 valence electrons. The zero-order chi connectivity index (χ0) is 28.6. The van der Waals surface area contributed by atoms with E-state index in [1.165, 1.54) is 17.5 Å². The van der Waals surface area contributed by atoms with Gasteiger partial charge >= 0.3 is 0 Å². The van der Waals surface area contributed by atoms with Gasteiger partial charge in [-0.1, -0.05) is 81.4 Å². The smallest absolute Gasteiger partial charge is 0.261 e. The van der Waals surface area contributed by atoms with E-state index in [2.05, 4.69) is 69.3 Å². The lowest BCUT2D eigenvalue weighted by Crippen LogP contribution is -2.75. The number of methoxy groups -OCH3 is 3. The van der Waals surface area contributed by atoms with Crippen LogP contribution >= 0.6 is 0 Å². The molecule has 0 spiro atoms. The first kappa shape index (κ1) is 29.8. The topological polar surface area (TPSA) is 84.8 Å². The second kappa shape index (κ2) is 11.5. The Balaban J connectivity index is 1.54. The number of hydrogen-bond donors (Lipinski definition) is 1. The van der Waals surface area contributed by atoms with E-state index in [1.54, 1.807) is 14.2 Å². The molecule has 7 atom stereocenters. The number of hydrogen-bond acceptors (Lipinski definition) is 8. The van der Waals surface area contributed by atoms with Crippen molar-refractivity contribution >= 4 is 18.7 Å². The third-order valence-corrected chi connectivity index (χ3v) is 13.9. The fraction of sp³-hybridized carbons (Fsp3) is 0.613. The minimum Gasteiger partial charge on any atom is -0.405 e. The monoisotopic (exact) mass is 572 g/mol. The first-order valence-corrected chi connectivity index (χ1v) is 16.1. The van der Waals surface area contributed by atoms with Crippen LogP contribution in [-0.4, -0.2) is 83.6 Å². The summed E-state index contributed by atoms with van der Waals surface area (Å²) in [6, 6.07) is 20.9. The number of rotatable bonds is 8. The molecule has 5 rings (SSSR count). The van der Waals surface area contributed by atoms with Gasteiger partial charge in [-0.25, -0.2) is 0 Å². The first-order chi connectivity index (χ1) is 19.2. The van der Waals surface area contributed by atoms with Crippen LogP contribution in [0.3, 0.4) is 0 Å². The second-order valence-electron chi connectivity index (χ2n) is 12.0.